The number of carbonyl (C=O) groups is 3. The van der Waals surface area contributed by atoms with Gasteiger partial charge in [-0.25, -0.2) is 9.59 Å². The molecular weight excluding hydrogens is 462 g/mol. The maximum Gasteiger partial charge on any atom is 0.336 e. The Bertz CT molecular complexity index is 1440. The van der Waals surface area contributed by atoms with Crippen LogP contribution in [-0.2, 0) is 0 Å². The van der Waals surface area contributed by atoms with Gasteiger partial charge in [0.05, 0.1) is 28.0 Å². The first-order valence-corrected chi connectivity index (χ1v) is 11.9. The van der Waals surface area contributed by atoms with Gasteiger partial charge in [-0.2, -0.15) is 0 Å². The van der Waals surface area contributed by atoms with Crippen LogP contribution < -0.4 is 0 Å². The first kappa shape index (κ1) is 24.9. The van der Waals surface area contributed by atoms with Crippen molar-refractivity contribution in [2.24, 2.45) is 10.9 Å². The molecular formula is C28H27NO7. The third-order valence-corrected chi connectivity index (χ3v) is 6.79. The molecule has 1 aliphatic rings. The Kier molecular flexibility index (Phi) is 6.79. The molecule has 3 aromatic carbocycles. The van der Waals surface area contributed by atoms with Crippen LogP contribution in [0.5, 0.6) is 11.5 Å². The summed E-state index contributed by atoms with van der Waals surface area (Å²) in [5, 5.41) is 42.2. The van der Waals surface area contributed by atoms with Gasteiger partial charge in [0.2, 0.25) is 0 Å². The lowest BCUT2D eigenvalue weighted by atomic mass is 9.79. The molecule has 8 heteroatoms. The van der Waals surface area contributed by atoms with Gasteiger partial charge in [0.25, 0.3) is 0 Å². The summed E-state index contributed by atoms with van der Waals surface area (Å²) < 4.78 is 0. The molecule has 8 nitrogen and oxygen atoms in total. The molecule has 0 aromatic heterocycles. The van der Waals surface area contributed by atoms with Gasteiger partial charge >= 0.3 is 11.9 Å². The number of unbranched alkanes of at least 4 members (excludes halogenated alkanes) is 1. The number of fused-ring (bicyclic) bond motifs is 3. The SMILES string of the molecule is CCCCC(CC)CN=C1c2cc(C(=O)O)c(C(=O)O)cc2C(=O)c2c1c(O)c1ccccc1c2O. The minimum Gasteiger partial charge on any atom is -0.507 e. The van der Waals surface area contributed by atoms with Crippen LogP contribution in [0.4, 0.5) is 0 Å². The number of phenolic OH excluding ortho intramolecular Hbond substituents is 2. The Morgan fingerprint density at radius 1 is 0.889 bits per heavy atom. The van der Waals surface area contributed by atoms with Gasteiger partial charge in [0, 0.05) is 28.4 Å². The third-order valence-electron chi connectivity index (χ3n) is 6.79. The molecule has 0 radical (unpaired) electrons. The summed E-state index contributed by atoms with van der Waals surface area (Å²) in [5.41, 5.74) is -1.01. The number of aromatic hydroxyl groups is 2. The van der Waals surface area contributed by atoms with E-state index >= 15 is 0 Å². The number of phenols is 2. The van der Waals surface area contributed by atoms with Crippen molar-refractivity contribution < 1.29 is 34.8 Å². The topological polar surface area (TPSA) is 144 Å². The fraction of sp³-hybridized carbons (Fsp3) is 0.286. The maximum absolute atomic E-state index is 13.6. The first-order valence-electron chi connectivity index (χ1n) is 11.9. The molecule has 1 atom stereocenters. The molecule has 0 bridgehead atoms. The van der Waals surface area contributed by atoms with Gasteiger partial charge in [0.1, 0.15) is 11.5 Å². The quantitative estimate of drug-likeness (QED) is 0.248. The number of rotatable bonds is 8. The average molecular weight is 490 g/mol. The molecule has 186 valence electrons. The fourth-order valence-corrected chi connectivity index (χ4v) is 4.76. The first-order chi connectivity index (χ1) is 17.2. The van der Waals surface area contributed by atoms with E-state index in [-0.39, 0.29) is 50.8 Å². The van der Waals surface area contributed by atoms with Crippen LogP contribution in [0.15, 0.2) is 41.4 Å². The van der Waals surface area contributed by atoms with E-state index in [0.717, 1.165) is 37.8 Å². The van der Waals surface area contributed by atoms with E-state index in [2.05, 4.69) is 6.92 Å². The number of ketones is 1. The molecule has 0 fully saturated rings. The van der Waals surface area contributed by atoms with Gasteiger partial charge in [-0.3, -0.25) is 9.79 Å². The molecule has 1 unspecified atom stereocenters. The third kappa shape index (κ3) is 4.08. The van der Waals surface area contributed by atoms with Gasteiger partial charge in [-0.05, 0) is 24.5 Å². The maximum atomic E-state index is 13.6. The molecule has 0 aliphatic heterocycles. The predicted molar refractivity (Wildman–Crippen MR) is 135 cm³/mol. The summed E-state index contributed by atoms with van der Waals surface area (Å²) in [6.45, 7) is 4.50. The van der Waals surface area contributed by atoms with E-state index in [4.69, 9.17) is 4.99 Å². The van der Waals surface area contributed by atoms with Crippen molar-refractivity contribution in [2.45, 2.75) is 39.5 Å². The van der Waals surface area contributed by atoms with Gasteiger partial charge in [-0.1, -0.05) is 57.4 Å². The predicted octanol–water partition coefficient (Wildman–Crippen LogP) is 5.25. The Balaban J connectivity index is 2.06. The van der Waals surface area contributed by atoms with E-state index < -0.39 is 28.8 Å². The second-order valence-electron chi connectivity index (χ2n) is 8.98. The van der Waals surface area contributed by atoms with E-state index in [9.17, 15) is 34.8 Å². The highest BCUT2D eigenvalue weighted by molar-refractivity contribution is 6.34. The second-order valence-corrected chi connectivity index (χ2v) is 8.98. The highest BCUT2D eigenvalue weighted by atomic mass is 16.4. The highest BCUT2D eigenvalue weighted by Crippen LogP contribution is 2.45. The van der Waals surface area contributed by atoms with Crippen LogP contribution in [0.25, 0.3) is 10.8 Å². The molecule has 4 rings (SSSR count). The monoisotopic (exact) mass is 489 g/mol. The molecule has 1 aliphatic carbocycles. The van der Waals surface area contributed by atoms with E-state index in [1.807, 2.05) is 6.92 Å². The minimum atomic E-state index is -1.50. The largest absolute Gasteiger partial charge is 0.507 e. The normalized spacial score (nSPS) is 14.5. The number of benzene rings is 3. The number of hydrogen-bond acceptors (Lipinski definition) is 6. The zero-order chi connectivity index (χ0) is 26.1. The van der Waals surface area contributed by atoms with Crippen LogP contribution in [0.2, 0.25) is 0 Å². The van der Waals surface area contributed by atoms with E-state index in [1.54, 1.807) is 24.3 Å². The molecule has 4 N–H and O–H groups in total. The van der Waals surface area contributed by atoms with Crippen LogP contribution in [0, 0.1) is 5.92 Å². The van der Waals surface area contributed by atoms with Crippen molar-refractivity contribution in [2.75, 3.05) is 6.54 Å². The number of hydrogen-bond donors (Lipinski definition) is 4. The van der Waals surface area contributed by atoms with E-state index in [0.29, 0.717) is 11.9 Å². The molecule has 3 aromatic rings. The summed E-state index contributed by atoms with van der Waals surface area (Å²) in [4.78, 5) is 42.1. The highest BCUT2D eigenvalue weighted by Gasteiger charge is 2.37. The Morgan fingerprint density at radius 2 is 1.44 bits per heavy atom. The van der Waals surface area contributed by atoms with Crippen molar-refractivity contribution in [3.63, 3.8) is 0 Å². The van der Waals surface area contributed by atoms with Gasteiger partial charge < -0.3 is 20.4 Å². The van der Waals surface area contributed by atoms with Crippen LogP contribution in [-0.4, -0.2) is 50.4 Å². The molecule has 0 saturated carbocycles. The lowest BCUT2D eigenvalue weighted by Crippen LogP contribution is -2.25. The van der Waals surface area contributed by atoms with Crippen LogP contribution in [0.3, 0.4) is 0 Å². The number of carbonyl (C=O) groups excluding carboxylic acids is 1. The van der Waals surface area contributed by atoms with Crippen molar-refractivity contribution in [3.05, 3.63) is 69.8 Å². The summed E-state index contributed by atoms with van der Waals surface area (Å²) in [5.74, 6) is -4.06. The Morgan fingerprint density at radius 3 is 1.97 bits per heavy atom. The summed E-state index contributed by atoms with van der Waals surface area (Å²) in [7, 11) is 0. The minimum absolute atomic E-state index is 0.0217. The van der Waals surface area contributed by atoms with Crippen LogP contribution >= 0.6 is 0 Å². The Hall–Kier alpha value is -4.20. The molecule has 0 spiro atoms. The van der Waals surface area contributed by atoms with Crippen molar-refractivity contribution >= 4 is 34.2 Å². The van der Waals surface area contributed by atoms with E-state index in [1.165, 1.54) is 0 Å². The number of carboxylic acid groups (broad SMARTS) is 2. The smallest absolute Gasteiger partial charge is 0.336 e. The number of aromatic carboxylic acids is 2. The Labute approximate surface area is 207 Å². The van der Waals surface area contributed by atoms with Crippen molar-refractivity contribution in [1.82, 2.24) is 0 Å². The summed E-state index contributed by atoms with van der Waals surface area (Å²) in [6, 6.07) is 8.66. The molecule has 0 heterocycles. The zero-order valence-electron chi connectivity index (χ0n) is 20.0. The standard InChI is InChI=1S/C28H27NO7/c1-3-5-8-14(4-2)13-29-23-17-11-19(27(33)34)20(28(35)36)12-18(17)26(32)22-21(23)24(30)15-9-6-7-10-16(15)25(22)31/h6-7,9-12,14,30-31H,3-5,8,13H2,1-2H3,(H,33,34)(H,35,36). The summed E-state index contributed by atoms with van der Waals surface area (Å²) in [6.07, 6.45) is 3.81. The van der Waals surface area contributed by atoms with Crippen molar-refractivity contribution in [3.8, 4) is 11.5 Å². The number of nitrogens with zero attached hydrogens (tertiary/aromatic N) is 1. The molecule has 36 heavy (non-hydrogen) atoms. The number of aliphatic imine (C=N–C) groups is 1. The summed E-state index contributed by atoms with van der Waals surface area (Å²) >= 11 is 0. The average Bonchev–Trinajstić information content (AvgIpc) is 2.87. The van der Waals surface area contributed by atoms with Crippen LogP contribution in [0.1, 0.15) is 87.3 Å². The fourth-order valence-electron chi connectivity index (χ4n) is 4.76. The van der Waals surface area contributed by atoms with Crippen molar-refractivity contribution in [1.29, 1.82) is 0 Å². The molecule has 0 saturated heterocycles. The lowest BCUT2D eigenvalue weighted by Gasteiger charge is -2.25. The van der Waals surface area contributed by atoms with Gasteiger partial charge in [-0.15, -0.1) is 0 Å². The molecule has 0 amide bonds. The van der Waals surface area contributed by atoms with Gasteiger partial charge in [0.15, 0.2) is 5.78 Å². The zero-order valence-corrected chi connectivity index (χ0v) is 20.0. The second kappa shape index (κ2) is 9.81. The lowest BCUT2D eigenvalue weighted by molar-refractivity contribution is 0.0651. The number of carboxylic acids is 2.